The summed E-state index contributed by atoms with van der Waals surface area (Å²) in [5.74, 6) is 1.17. The van der Waals surface area contributed by atoms with Crippen LogP contribution in [0.3, 0.4) is 0 Å². The molecule has 0 unspecified atom stereocenters. The third-order valence-corrected chi connectivity index (χ3v) is 5.02. The van der Waals surface area contributed by atoms with Gasteiger partial charge in [-0.15, -0.1) is 10.2 Å². The van der Waals surface area contributed by atoms with Crippen LogP contribution in [-0.2, 0) is 32.9 Å². The molecule has 0 spiro atoms. The zero-order chi connectivity index (χ0) is 17.2. The monoisotopic (exact) mass is 340 g/mol. The van der Waals surface area contributed by atoms with Gasteiger partial charge in [0, 0.05) is 31.4 Å². The van der Waals surface area contributed by atoms with Crippen molar-refractivity contribution in [2.45, 2.75) is 45.6 Å². The molecule has 0 amide bonds. The molecule has 7 heteroatoms. The molecular formula is C18H24N6O. The van der Waals surface area contributed by atoms with Crippen molar-refractivity contribution in [1.82, 2.24) is 30.3 Å². The van der Waals surface area contributed by atoms with Gasteiger partial charge >= 0.3 is 0 Å². The Labute approximate surface area is 146 Å². The highest BCUT2D eigenvalue weighted by molar-refractivity contribution is 5.48. The lowest BCUT2D eigenvalue weighted by Crippen LogP contribution is -2.17. The predicted molar refractivity (Wildman–Crippen MR) is 94.1 cm³/mol. The Morgan fingerprint density at radius 1 is 1.24 bits per heavy atom. The minimum absolute atomic E-state index is 0.564. The quantitative estimate of drug-likeness (QED) is 0.673. The highest BCUT2D eigenvalue weighted by Crippen LogP contribution is 2.22. The Bertz CT molecular complexity index is 859. The second kappa shape index (κ2) is 6.84. The lowest BCUT2D eigenvalue weighted by molar-refractivity contribution is 0.475. The molecule has 1 aliphatic rings. The van der Waals surface area contributed by atoms with Crippen molar-refractivity contribution >= 4 is 0 Å². The van der Waals surface area contributed by atoms with Gasteiger partial charge in [-0.3, -0.25) is 5.10 Å². The SMILES string of the molecule is Cc1ccc(-c2nnc(CNCCc3n[nH]c4c3CCCC4)o2)n1C. The molecule has 0 saturated heterocycles. The van der Waals surface area contributed by atoms with Gasteiger partial charge in [-0.2, -0.15) is 5.10 Å². The smallest absolute Gasteiger partial charge is 0.264 e. The van der Waals surface area contributed by atoms with Crippen LogP contribution in [0.1, 0.15) is 41.4 Å². The Morgan fingerprint density at radius 2 is 2.12 bits per heavy atom. The van der Waals surface area contributed by atoms with Gasteiger partial charge in [-0.05, 0) is 50.3 Å². The molecule has 7 nitrogen and oxygen atoms in total. The van der Waals surface area contributed by atoms with E-state index in [1.54, 1.807) is 0 Å². The summed E-state index contributed by atoms with van der Waals surface area (Å²) in [6.07, 6.45) is 5.76. The molecule has 25 heavy (non-hydrogen) atoms. The highest BCUT2D eigenvalue weighted by Gasteiger charge is 2.16. The summed E-state index contributed by atoms with van der Waals surface area (Å²) in [4.78, 5) is 0. The summed E-state index contributed by atoms with van der Waals surface area (Å²) < 4.78 is 7.81. The molecule has 1 aliphatic carbocycles. The Hall–Kier alpha value is -2.41. The molecule has 0 fully saturated rings. The second-order valence-electron chi connectivity index (χ2n) is 6.68. The molecule has 132 valence electrons. The normalized spacial score (nSPS) is 14.0. The Kier molecular flexibility index (Phi) is 4.40. The van der Waals surface area contributed by atoms with Crippen LogP contribution in [0.25, 0.3) is 11.6 Å². The lowest BCUT2D eigenvalue weighted by Gasteiger charge is -2.11. The fourth-order valence-corrected chi connectivity index (χ4v) is 3.41. The van der Waals surface area contributed by atoms with Gasteiger partial charge in [0.25, 0.3) is 5.89 Å². The van der Waals surface area contributed by atoms with Gasteiger partial charge in [0.1, 0.15) is 5.69 Å². The number of aromatic nitrogens is 5. The van der Waals surface area contributed by atoms with Crippen molar-refractivity contribution in [3.63, 3.8) is 0 Å². The fourth-order valence-electron chi connectivity index (χ4n) is 3.41. The number of hydrogen-bond acceptors (Lipinski definition) is 5. The molecule has 2 N–H and O–H groups in total. The van der Waals surface area contributed by atoms with E-state index in [1.165, 1.54) is 29.8 Å². The van der Waals surface area contributed by atoms with Crippen molar-refractivity contribution in [1.29, 1.82) is 0 Å². The third-order valence-electron chi connectivity index (χ3n) is 5.02. The molecule has 0 atom stereocenters. The summed E-state index contributed by atoms with van der Waals surface area (Å²) in [5, 5.41) is 19.3. The van der Waals surface area contributed by atoms with Gasteiger partial charge in [0.05, 0.1) is 12.2 Å². The van der Waals surface area contributed by atoms with Gasteiger partial charge in [0.15, 0.2) is 0 Å². The van der Waals surface area contributed by atoms with Crippen LogP contribution in [0.2, 0.25) is 0 Å². The molecule has 4 rings (SSSR count). The Balaban J connectivity index is 1.31. The first-order chi connectivity index (χ1) is 12.2. The molecule has 3 heterocycles. The molecule has 0 aliphatic heterocycles. The number of aromatic amines is 1. The topological polar surface area (TPSA) is 84.6 Å². The number of hydrogen-bond donors (Lipinski definition) is 2. The van der Waals surface area contributed by atoms with E-state index in [-0.39, 0.29) is 0 Å². The van der Waals surface area contributed by atoms with E-state index in [0.717, 1.165) is 37.2 Å². The number of fused-ring (bicyclic) bond motifs is 1. The molecule has 0 bridgehead atoms. The summed E-state index contributed by atoms with van der Waals surface area (Å²) >= 11 is 0. The van der Waals surface area contributed by atoms with Gasteiger partial charge in [0.2, 0.25) is 5.89 Å². The van der Waals surface area contributed by atoms with Crippen LogP contribution in [0.4, 0.5) is 0 Å². The van der Waals surface area contributed by atoms with Crippen molar-refractivity contribution in [2.24, 2.45) is 7.05 Å². The number of rotatable bonds is 6. The largest absolute Gasteiger partial charge is 0.418 e. The average molecular weight is 340 g/mol. The summed E-state index contributed by atoms with van der Waals surface area (Å²) in [6, 6.07) is 4.04. The van der Waals surface area contributed by atoms with E-state index < -0.39 is 0 Å². The van der Waals surface area contributed by atoms with Gasteiger partial charge < -0.3 is 14.3 Å². The number of aryl methyl sites for hydroxylation is 2. The minimum atomic E-state index is 0.564. The highest BCUT2D eigenvalue weighted by atomic mass is 16.4. The summed E-state index contributed by atoms with van der Waals surface area (Å²) in [5.41, 5.74) is 6.08. The maximum atomic E-state index is 5.76. The zero-order valence-electron chi connectivity index (χ0n) is 14.8. The van der Waals surface area contributed by atoms with E-state index in [1.807, 2.05) is 23.7 Å². The predicted octanol–water partition coefficient (Wildman–Crippen LogP) is 2.32. The van der Waals surface area contributed by atoms with Crippen LogP contribution in [0.5, 0.6) is 0 Å². The van der Waals surface area contributed by atoms with E-state index in [2.05, 4.69) is 32.6 Å². The first-order valence-electron chi connectivity index (χ1n) is 8.93. The number of H-pyrrole nitrogens is 1. The number of nitrogens with one attached hydrogen (secondary N) is 2. The Morgan fingerprint density at radius 3 is 2.96 bits per heavy atom. The lowest BCUT2D eigenvalue weighted by atomic mass is 9.95. The van der Waals surface area contributed by atoms with Crippen LogP contribution in [0, 0.1) is 6.92 Å². The van der Waals surface area contributed by atoms with Crippen molar-refractivity contribution in [3.05, 3.63) is 40.7 Å². The minimum Gasteiger partial charge on any atom is -0.418 e. The van der Waals surface area contributed by atoms with Crippen molar-refractivity contribution in [2.75, 3.05) is 6.54 Å². The summed E-state index contributed by atoms with van der Waals surface area (Å²) in [7, 11) is 2.00. The maximum absolute atomic E-state index is 5.76. The third kappa shape index (κ3) is 3.24. The van der Waals surface area contributed by atoms with Gasteiger partial charge in [-0.25, -0.2) is 0 Å². The number of nitrogens with zero attached hydrogens (tertiary/aromatic N) is 4. The maximum Gasteiger partial charge on any atom is 0.264 e. The standard InChI is InChI=1S/C18H24N6O/c1-12-7-8-16(24(12)2)18-23-22-17(25-18)11-19-10-9-15-13-5-3-4-6-14(13)20-21-15/h7-8,19H,3-6,9-11H2,1-2H3,(H,20,21). The molecular weight excluding hydrogens is 316 g/mol. The molecule has 0 radical (unpaired) electrons. The van der Waals surface area contributed by atoms with E-state index in [0.29, 0.717) is 18.3 Å². The van der Waals surface area contributed by atoms with E-state index >= 15 is 0 Å². The van der Waals surface area contributed by atoms with Crippen LogP contribution in [-0.4, -0.2) is 31.5 Å². The molecule has 0 saturated carbocycles. The molecule has 3 aromatic heterocycles. The summed E-state index contributed by atoms with van der Waals surface area (Å²) in [6.45, 7) is 3.47. The second-order valence-corrected chi connectivity index (χ2v) is 6.68. The van der Waals surface area contributed by atoms with Crippen molar-refractivity contribution in [3.8, 4) is 11.6 Å². The van der Waals surface area contributed by atoms with E-state index in [9.17, 15) is 0 Å². The fraction of sp³-hybridized carbons (Fsp3) is 0.500. The van der Waals surface area contributed by atoms with Gasteiger partial charge in [-0.1, -0.05) is 0 Å². The zero-order valence-corrected chi connectivity index (χ0v) is 14.8. The first-order valence-corrected chi connectivity index (χ1v) is 8.93. The molecule has 3 aromatic rings. The first kappa shape index (κ1) is 16.1. The van der Waals surface area contributed by atoms with E-state index in [4.69, 9.17) is 4.42 Å². The average Bonchev–Trinajstić information content (AvgIpc) is 3.33. The van der Waals surface area contributed by atoms with Crippen LogP contribution < -0.4 is 5.32 Å². The molecule has 0 aromatic carbocycles. The van der Waals surface area contributed by atoms with Crippen molar-refractivity contribution < 1.29 is 4.42 Å². The van der Waals surface area contributed by atoms with Crippen LogP contribution in [0.15, 0.2) is 16.5 Å². The van der Waals surface area contributed by atoms with Crippen LogP contribution >= 0.6 is 0 Å².